The van der Waals surface area contributed by atoms with Gasteiger partial charge in [-0.25, -0.2) is 15.0 Å². The van der Waals surface area contributed by atoms with E-state index in [1.54, 1.807) is 26.8 Å². The van der Waals surface area contributed by atoms with Crippen LogP contribution in [0.2, 0.25) is 0 Å². The molecule has 20 heavy (non-hydrogen) atoms. The Balaban J connectivity index is 2.49. The molecule has 2 heterocycles. The van der Waals surface area contributed by atoms with Gasteiger partial charge >= 0.3 is 0 Å². The quantitative estimate of drug-likeness (QED) is 0.454. The highest BCUT2D eigenvalue weighted by Gasteiger charge is 2.55. The number of pyridine rings is 1. The average molecular weight is 366 g/mol. The average Bonchev–Trinajstić information content (AvgIpc) is 2.29. The zero-order valence-corrected chi connectivity index (χ0v) is 13.8. The van der Waals surface area contributed by atoms with E-state index in [9.17, 15) is 14.8 Å². The minimum atomic E-state index is -1.51. The van der Waals surface area contributed by atoms with Gasteiger partial charge in [-0.2, -0.15) is 4.39 Å². The van der Waals surface area contributed by atoms with Crippen LogP contribution < -0.4 is 5.73 Å². The van der Waals surface area contributed by atoms with Crippen molar-refractivity contribution in [2.45, 2.75) is 36.4 Å². The van der Waals surface area contributed by atoms with Crippen molar-refractivity contribution in [1.82, 2.24) is 4.98 Å². The molecule has 1 aromatic heterocycles. The van der Waals surface area contributed by atoms with E-state index in [0.29, 0.717) is 4.47 Å². The molecule has 1 aliphatic rings. The Morgan fingerprint density at radius 2 is 2.20 bits per heavy atom. The molecule has 0 radical (unpaired) electrons. The largest absolute Gasteiger partial charge is 0.598 e. The van der Waals surface area contributed by atoms with Crippen LogP contribution in [0.5, 0.6) is 0 Å². The third-order valence-electron chi connectivity index (χ3n) is 3.88. The van der Waals surface area contributed by atoms with Crippen LogP contribution in [0.15, 0.2) is 16.7 Å². The number of quaternary nitrogens is 1. The van der Waals surface area contributed by atoms with Crippen LogP contribution >= 0.6 is 27.7 Å². The summed E-state index contributed by atoms with van der Waals surface area (Å²) < 4.78 is 13.6. The summed E-state index contributed by atoms with van der Waals surface area (Å²) in [4.78, 5) is 2.14. The van der Waals surface area contributed by atoms with Crippen LogP contribution in [0.1, 0.15) is 26.3 Å². The van der Waals surface area contributed by atoms with Crippen LogP contribution in [-0.4, -0.2) is 32.5 Å². The standard InChI is InChI=1S/C12H17BrFN3O2S/c1-11(2)10(15)20-12(3,6-17(11,18)19)8-4-7(13)5-16-9(8)14/h4-5,10,18H,6,15H2,1-3H3/t10-,12?/m1/s1. The molecule has 2 rings (SSSR count). The maximum atomic E-state index is 14.0. The summed E-state index contributed by atoms with van der Waals surface area (Å²) in [5.74, 6) is -0.657. The van der Waals surface area contributed by atoms with Crippen LogP contribution in [-0.2, 0) is 4.75 Å². The van der Waals surface area contributed by atoms with Crippen molar-refractivity contribution >= 4 is 27.7 Å². The second kappa shape index (κ2) is 4.89. The van der Waals surface area contributed by atoms with E-state index in [2.05, 4.69) is 20.9 Å². The fraction of sp³-hybridized carbons (Fsp3) is 0.583. The predicted octanol–water partition coefficient (Wildman–Crippen LogP) is 2.71. The van der Waals surface area contributed by atoms with Gasteiger partial charge in [-0.3, -0.25) is 0 Å². The normalized spacial score (nSPS) is 36.9. The summed E-state index contributed by atoms with van der Waals surface area (Å²) in [6, 6.07) is 1.57. The number of aromatic nitrogens is 1. The molecule has 3 N–H and O–H groups in total. The number of hydroxylamine groups is 4. The van der Waals surface area contributed by atoms with Crippen molar-refractivity contribution in [3.8, 4) is 0 Å². The molecule has 1 saturated heterocycles. The number of nitrogens with two attached hydrogens (primary N) is 1. The highest BCUT2D eigenvalue weighted by atomic mass is 79.9. The van der Waals surface area contributed by atoms with Crippen molar-refractivity contribution in [2.24, 2.45) is 5.73 Å². The zero-order chi connectivity index (χ0) is 15.3. The maximum absolute atomic E-state index is 14.0. The molecular weight excluding hydrogens is 349 g/mol. The third-order valence-corrected chi connectivity index (χ3v) is 6.01. The van der Waals surface area contributed by atoms with Crippen molar-refractivity contribution in [3.63, 3.8) is 0 Å². The SMILES string of the molecule is CC1(c2cc(Br)cnc2F)C[N+]([O-])(O)C(C)(C)[C@H](N)S1. The zero-order valence-electron chi connectivity index (χ0n) is 11.4. The first-order chi connectivity index (χ1) is 8.99. The number of thioether (sulfide) groups is 1. The van der Waals surface area contributed by atoms with Gasteiger partial charge in [-0.15, -0.1) is 11.8 Å². The molecule has 1 aromatic rings. The van der Waals surface area contributed by atoms with Gasteiger partial charge in [0.25, 0.3) is 0 Å². The maximum Gasteiger partial charge on any atom is 0.217 e. The molecular formula is C12H17BrFN3O2S. The molecule has 3 atom stereocenters. The fourth-order valence-electron chi connectivity index (χ4n) is 2.22. The molecule has 1 aliphatic heterocycles. The number of rotatable bonds is 1. The Bertz CT molecular complexity index is 543. The first-order valence-electron chi connectivity index (χ1n) is 6.06. The number of hydrogen-bond donors (Lipinski definition) is 2. The Morgan fingerprint density at radius 1 is 1.60 bits per heavy atom. The lowest BCUT2D eigenvalue weighted by Crippen LogP contribution is -2.69. The van der Waals surface area contributed by atoms with Crippen molar-refractivity contribution in [2.75, 3.05) is 6.54 Å². The van der Waals surface area contributed by atoms with Gasteiger partial charge in [0.1, 0.15) is 17.5 Å². The summed E-state index contributed by atoms with van der Waals surface area (Å²) in [5, 5.41) is 21.9. The Morgan fingerprint density at radius 3 is 2.75 bits per heavy atom. The van der Waals surface area contributed by atoms with Gasteiger partial charge in [-0.05, 0) is 42.8 Å². The van der Waals surface area contributed by atoms with Crippen LogP contribution in [0, 0.1) is 11.2 Å². The van der Waals surface area contributed by atoms with E-state index in [0.717, 1.165) is 0 Å². The second-order valence-electron chi connectivity index (χ2n) is 5.77. The van der Waals surface area contributed by atoms with E-state index >= 15 is 0 Å². The van der Waals surface area contributed by atoms with Gasteiger partial charge in [-0.1, -0.05) is 0 Å². The molecule has 0 spiro atoms. The monoisotopic (exact) mass is 365 g/mol. The van der Waals surface area contributed by atoms with Gasteiger partial charge in [0.05, 0.1) is 4.75 Å². The summed E-state index contributed by atoms with van der Waals surface area (Å²) >= 11 is 4.51. The summed E-state index contributed by atoms with van der Waals surface area (Å²) in [5.41, 5.74) is 5.21. The van der Waals surface area contributed by atoms with Gasteiger partial charge < -0.3 is 10.9 Å². The summed E-state index contributed by atoms with van der Waals surface area (Å²) in [6.45, 7) is 4.70. The summed E-state index contributed by atoms with van der Waals surface area (Å²) in [6.07, 6.45) is 1.35. The van der Waals surface area contributed by atoms with E-state index in [4.69, 9.17) is 5.73 Å². The first-order valence-corrected chi connectivity index (χ1v) is 7.74. The molecule has 112 valence electrons. The van der Waals surface area contributed by atoms with Crippen LogP contribution in [0.4, 0.5) is 4.39 Å². The Kier molecular flexibility index (Phi) is 3.94. The van der Waals surface area contributed by atoms with Gasteiger partial charge in [0, 0.05) is 16.2 Å². The topological polar surface area (TPSA) is 82.2 Å². The van der Waals surface area contributed by atoms with Gasteiger partial charge in [0.15, 0.2) is 0 Å². The van der Waals surface area contributed by atoms with Crippen molar-refractivity contribution in [3.05, 3.63) is 33.5 Å². The highest BCUT2D eigenvalue weighted by molar-refractivity contribution is 9.10. The van der Waals surface area contributed by atoms with E-state index < -0.39 is 26.4 Å². The number of hydrogen-bond acceptors (Lipinski definition) is 5. The second-order valence-corrected chi connectivity index (χ2v) is 8.33. The number of halogens is 2. The molecule has 2 unspecified atom stereocenters. The fourth-order valence-corrected chi connectivity index (χ4v) is 4.08. The molecule has 0 aliphatic carbocycles. The molecule has 0 aromatic carbocycles. The minimum absolute atomic E-state index is 0.201. The third kappa shape index (κ3) is 2.49. The molecule has 0 saturated carbocycles. The molecule has 0 amide bonds. The Hall–Kier alpha value is -0.250. The first kappa shape index (κ1) is 16.1. The minimum Gasteiger partial charge on any atom is -0.598 e. The number of nitrogens with zero attached hydrogens (tertiary/aromatic N) is 2. The smallest absolute Gasteiger partial charge is 0.217 e. The highest BCUT2D eigenvalue weighted by Crippen LogP contribution is 2.50. The Labute approximate surface area is 129 Å². The summed E-state index contributed by atoms with van der Waals surface area (Å²) in [7, 11) is 0. The van der Waals surface area contributed by atoms with Crippen LogP contribution in [0.3, 0.4) is 0 Å². The van der Waals surface area contributed by atoms with E-state index in [-0.39, 0.29) is 12.1 Å². The van der Waals surface area contributed by atoms with Crippen molar-refractivity contribution < 1.29 is 14.4 Å². The van der Waals surface area contributed by atoms with Crippen LogP contribution in [0.25, 0.3) is 0 Å². The van der Waals surface area contributed by atoms with Gasteiger partial charge in [0.2, 0.25) is 5.95 Å². The molecule has 8 heteroatoms. The van der Waals surface area contributed by atoms with E-state index in [1.807, 2.05) is 0 Å². The van der Waals surface area contributed by atoms with Crippen molar-refractivity contribution in [1.29, 1.82) is 0 Å². The molecule has 1 fully saturated rings. The molecule has 0 bridgehead atoms. The lowest BCUT2D eigenvalue weighted by Gasteiger charge is -2.57. The van der Waals surface area contributed by atoms with E-state index in [1.165, 1.54) is 18.0 Å². The molecule has 5 nitrogen and oxygen atoms in total. The lowest BCUT2D eigenvalue weighted by atomic mass is 9.96. The lowest BCUT2D eigenvalue weighted by molar-refractivity contribution is -1.10. The predicted molar refractivity (Wildman–Crippen MR) is 79.2 cm³/mol.